The number of allylic oxidation sites excluding steroid dienone is 1. The number of hydrogen-bond donors (Lipinski definition) is 5. The minimum atomic E-state index is -0.384. The van der Waals surface area contributed by atoms with Crippen molar-refractivity contribution in [3.05, 3.63) is 167 Å². The van der Waals surface area contributed by atoms with E-state index >= 15 is 0 Å². The number of anilines is 3. The third kappa shape index (κ3) is 10.5. The Morgan fingerprint density at radius 3 is 1.83 bits per heavy atom. The van der Waals surface area contributed by atoms with Crippen LogP contribution in [0.5, 0.6) is 23.0 Å². The lowest BCUT2D eigenvalue weighted by Crippen LogP contribution is -2.03. The van der Waals surface area contributed by atoms with Gasteiger partial charge in [0, 0.05) is 45.8 Å². The van der Waals surface area contributed by atoms with Gasteiger partial charge in [-0.25, -0.2) is 8.78 Å². The predicted octanol–water partition coefficient (Wildman–Crippen LogP) is 11.7. The van der Waals surface area contributed by atoms with Crippen molar-refractivity contribution in [3.8, 4) is 56.5 Å². The van der Waals surface area contributed by atoms with E-state index in [1.54, 1.807) is 92.0 Å². The molecule has 12 heteroatoms. The van der Waals surface area contributed by atoms with Crippen LogP contribution >= 0.6 is 11.8 Å². The number of phenolic OH excluding ortho intramolecular Hbond substituents is 2. The molecule has 0 saturated heterocycles. The van der Waals surface area contributed by atoms with Gasteiger partial charge >= 0.3 is 0 Å². The van der Waals surface area contributed by atoms with Gasteiger partial charge in [-0.05, 0) is 127 Å². The lowest BCUT2D eigenvalue weighted by Gasteiger charge is -2.12. The zero-order valence-corrected chi connectivity index (χ0v) is 33.7. The van der Waals surface area contributed by atoms with Crippen LogP contribution in [0.2, 0.25) is 0 Å². The number of aromatic nitrogens is 2. The highest BCUT2D eigenvalue weighted by molar-refractivity contribution is 8.02. The van der Waals surface area contributed by atoms with Crippen molar-refractivity contribution >= 4 is 34.7 Å². The number of carbonyl (C=O) groups excluding carboxylic acids is 1. The Hall–Kier alpha value is -7.05. The molecular weight excluding hydrogens is 771 g/mol. The number of thioether (sulfide) groups is 1. The quantitative estimate of drug-likeness (QED) is 0.0465. The number of H-pyrrole nitrogens is 1. The number of hydrogen-bond acceptors (Lipinski definition) is 9. The van der Waals surface area contributed by atoms with Crippen LogP contribution in [-0.2, 0) is 0 Å². The average Bonchev–Trinajstić information content (AvgIpc) is 3.72. The highest BCUT2D eigenvalue weighted by Crippen LogP contribution is 2.32. The van der Waals surface area contributed by atoms with E-state index in [1.807, 2.05) is 50.4 Å². The van der Waals surface area contributed by atoms with Crippen molar-refractivity contribution in [2.75, 3.05) is 31.1 Å². The summed E-state index contributed by atoms with van der Waals surface area (Å²) in [6, 6.07) is 35.6. The summed E-state index contributed by atoms with van der Waals surface area (Å²) in [5, 5.41) is 33.5. The summed E-state index contributed by atoms with van der Waals surface area (Å²) >= 11 is 1.40. The number of aromatic hydroxyl groups is 2. The number of aryl methyl sites for hydroxylation is 2. The second kappa shape index (κ2) is 18.9. The maximum absolute atomic E-state index is 14.3. The highest BCUT2D eigenvalue weighted by atomic mass is 32.2. The average molecular weight is 813 g/mol. The summed E-state index contributed by atoms with van der Waals surface area (Å²) < 4.78 is 39.0. The molecule has 5 N–H and O–H groups in total. The van der Waals surface area contributed by atoms with Gasteiger partial charge < -0.3 is 30.3 Å². The van der Waals surface area contributed by atoms with E-state index in [0.29, 0.717) is 44.6 Å². The number of phenols is 2. The number of ketones is 1. The van der Waals surface area contributed by atoms with Gasteiger partial charge in [0.05, 0.1) is 24.9 Å². The van der Waals surface area contributed by atoms with Gasteiger partial charge in [0.25, 0.3) is 0 Å². The first-order chi connectivity index (χ1) is 28.4. The maximum atomic E-state index is 14.3. The molecular formula is C47H42F2N4O5S. The monoisotopic (exact) mass is 812 g/mol. The van der Waals surface area contributed by atoms with Crippen LogP contribution in [0.4, 0.5) is 26.0 Å². The lowest BCUT2D eigenvalue weighted by atomic mass is 10.0. The molecule has 0 aliphatic carbocycles. The van der Waals surface area contributed by atoms with Gasteiger partial charge in [0.15, 0.2) is 11.6 Å². The fourth-order valence-corrected chi connectivity index (χ4v) is 6.57. The number of benzene rings is 6. The number of rotatable bonds is 12. The largest absolute Gasteiger partial charge is 0.508 e. The fourth-order valence-electron chi connectivity index (χ4n) is 6.13. The lowest BCUT2D eigenvalue weighted by molar-refractivity contribution is 0.104. The Bertz CT molecular complexity index is 2640. The molecule has 0 bridgehead atoms. The molecule has 6 aromatic carbocycles. The Balaban J connectivity index is 0.000000198. The molecule has 0 spiro atoms. The topological polar surface area (TPSA) is 129 Å². The molecule has 7 aromatic rings. The van der Waals surface area contributed by atoms with Crippen molar-refractivity contribution in [3.63, 3.8) is 0 Å². The molecule has 59 heavy (non-hydrogen) atoms. The molecule has 0 fully saturated rings. The summed E-state index contributed by atoms with van der Waals surface area (Å²) in [6.07, 6.45) is 3.38. The molecule has 1 aromatic heterocycles. The zero-order chi connectivity index (χ0) is 42.1. The van der Waals surface area contributed by atoms with E-state index in [2.05, 4.69) is 20.8 Å². The van der Waals surface area contributed by atoms with Gasteiger partial charge in [-0.15, -0.1) is 11.8 Å². The molecule has 0 unspecified atom stereocenters. The number of nitrogens with zero attached hydrogens (tertiary/aromatic N) is 1. The normalized spacial score (nSPS) is 11.0. The zero-order valence-electron chi connectivity index (χ0n) is 32.9. The number of ether oxygens (including phenoxy) is 2. The second-order valence-corrected chi connectivity index (χ2v) is 14.2. The molecule has 7 rings (SSSR count). The summed E-state index contributed by atoms with van der Waals surface area (Å²) in [5.41, 5.74) is 7.74. The van der Waals surface area contributed by atoms with Crippen molar-refractivity contribution < 1.29 is 33.3 Å². The Labute approximate surface area is 345 Å². The molecule has 0 aliphatic heterocycles. The Morgan fingerprint density at radius 2 is 1.25 bits per heavy atom. The molecule has 0 aliphatic rings. The van der Waals surface area contributed by atoms with Gasteiger partial charge in [-0.1, -0.05) is 36.4 Å². The number of aromatic amines is 1. The van der Waals surface area contributed by atoms with E-state index in [-0.39, 0.29) is 28.9 Å². The first-order valence-electron chi connectivity index (χ1n) is 18.3. The van der Waals surface area contributed by atoms with E-state index in [1.165, 1.54) is 37.1 Å². The summed E-state index contributed by atoms with van der Waals surface area (Å²) in [4.78, 5) is 12.8. The third-order valence-electron chi connectivity index (χ3n) is 9.29. The summed E-state index contributed by atoms with van der Waals surface area (Å²) in [7, 11) is 3.08. The van der Waals surface area contributed by atoms with Crippen molar-refractivity contribution in [1.82, 2.24) is 10.2 Å². The number of carbonyl (C=O) groups is 1. The van der Waals surface area contributed by atoms with Crippen LogP contribution in [0.15, 0.2) is 138 Å². The minimum Gasteiger partial charge on any atom is -0.508 e. The van der Waals surface area contributed by atoms with Crippen LogP contribution in [0.1, 0.15) is 21.5 Å². The number of halogens is 2. The summed E-state index contributed by atoms with van der Waals surface area (Å²) in [6.45, 7) is 3.77. The van der Waals surface area contributed by atoms with Crippen LogP contribution in [-0.4, -0.2) is 46.7 Å². The second-order valence-electron chi connectivity index (χ2n) is 13.3. The molecule has 0 atom stereocenters. The van der Waals surface area contributed by atoms with Crippen molar-refractivity contribution in [2.24, 2.45) is 0 Å². The predicted molar refractivity (Wildman–Crippen MR) is 233 cm³/mol. The first-order valence-corrected chi connectivity index (χ1v) is 19.5. The highest BCUT2D eigenvalue weighted by Gasteiger charge is 2.13. The molecule has 0 radical (unpaired) electrons. The molecule has 300 valence electrons. The van der Waals surface area contributed by atoms with Gasteiger partial charge in [-0.2, -0.15) is 5.10 Å². The van der Waals surface area contributed by atoms with Crippen LogP contribution in [0, 0.1) is 25.5 Å². The first kappa shape index (κ1) is 41.6. The molecule has 1 heterocycles. The van der Waals surface area contributed by atoms with E-state index in [0.717, 1.165) is 39.3 Å². The van der Waals surface area contributed by atoms with Crippen LogP contribution in [0.3, 0.4) is 0 Å². The van der Waals surface area contributed by atoms with E-state index in [9.17, 15) is 23.8 Å². The van der Waals surface area contributed by atoms with E-state index < -0.39 is 0 Å². The van der Waals surface area contributed by atoms with Crippen molar-refractivity contribution in [1.29, 1.82) is 0 Å². The Morgan fingerprint density at radius 1 is 0.695 bits per heavy atom. The molecule has 9 nitrogen and oxygen atoms in total. The molecule has 0 amide bonds. The third-order valence-corrected chi connectivity index (χ3v) is 9.95. The smallest absolute Gasteiger partial charge is 0.188 e. The van der Waals surface area contributed by atoms with Gasteiger partial charge in [0.2, 0.25) is 0 Å². The molecule has 0 saturated carbocycles. The Kier molecular flexibility index (Phi) is 13.3. The van der Waals surface area contributed by atoms with Crippen molar-refractivity contribution in [2.45, 2.75) is 13.8 Å². The number of methoxy groups -OCH3 is 2. The summed E-state index contributed by atoms with van der Waals surface area (Å²) in [5.74, 6) is 1.30. The SMILES string of the molecule is COc1ccc(F)c(-c2cccc(-c3cc(Nc4ccc(O)cc4C)n[nH]3)c2)c1.COc1ccc(F)c(-c2cccc(C(=O)/C=C(/Nc3ccc(O)cc3C)SC)c2)c1. The fraction of sp³-hybridized carbons (Fsp3) is 0.106. The maximum Gasteiger partial charge on any atom is 0.188 e. The standard InChI is InChI=1S/C24H22FNO3S.C23H20FN3O2/c1-15-11-18(27)7-10-22(15)26-24(30-3)14-23(28)17-6-4-5-16(12-17)20-13-19(29-2)8-9-21(20)25;1-14-10-17(28)6-9-21(14)25-23-13-22(26-27-23)16-5-3-4-15(11-16)19-12-18(29-2)7-8-20(19)24/h4-14,26-27H,1-3H3;3-13,28H,1-2H3,(H2,25,26,27)/b24-14-;. The van der Waals surface area contributed by atoms with Gasteiger partial charge in [0.1, 0.15) is 34.6 Å². The van der Waals surface area contributed by atoms with E-state index in [4.69, 9.17) is 9.47 Å². The van der Waals surface area contributed by atoms with Crippen LogP contribution < -0.4 is 20.1 Å². The van der Waals surface area contributed by atoms with Gasteiger partial charge in [-0.3, -0.25) is 9.89 Å². The minimum absolute atomic E-state index is 0.186. The van der Waals surface area contributed by atoms with Crippen LogP contribution in [0.25, 0.3) is 33.5 Å². The number of nitrogens with one attached hydrogen (secondary N) is 3.